The fraction of sp³-hybridized carbons (Fsp3) is 0.318. The molecule has 0 aliphatic carbocycles. The van der Waals surface area contributed by atoms with Gasteiger partial charge in [0.05, 0.1) is 13.0 Å². The molecule has 0 saturated carbocycles. The van der Waals surface area contributed by atoms with Crippen molar-refractivity contribution in [3.8, 4) is 0 Å². The zero-order chi connectivity index (χ0) is 22.9. The molecule has 8 nitrogen and oxygen atoms in total. The molecule has 1 amide bonds. The first-order valence-electron chi connectivity index (χ1n) is 10.5. The van der Waals surface area contributed by atoms with Crippen molar-refractivity contribution >= 4 is 40.0 Å². The largest absolute Gasteiger partial charge is 0.342 e. The first kappa shape index (κ1) is 21.7. The van der Waals surface area contributed by atoms with Gasteiger partial charge in [0.15, 0.2) is 11.2 Å². The maximum absolute atomic E-state index is 14.2. The third kappa shape index (κ3) is 4.40. The number of thiophene rings is 1. The molecule has 1 aliphatic heterocycles. The molecule has 11 heteroatoms. The molecule has 170 valence electrons. The van der Waals surface area contributed by atoms with Crippen molar-refractivity contribution < 1.29 is 9.18 Å². The molecule has 0 unspecified atom stereocenters. The number of likely N-dealkylation sites (tertiary alicyclic amines) is 1. The number of hydrogen-bond acceptors (Lipinski definition) is 6. The summed E-state index contributed by atoms with van der Waals surface area (Å²) >= 11 is 7.72. The van der Waals surface area contributed by atoms with E-state index in [1.54, 1.807) is 17.4 Å². The number of aromatic nitrogens is 5. The number of nitrogens with zero attached hydrogens (tertiary/aromatic N) is 5. The van der Waals surface area contributed by atoms with Crippen LogP contribution >= 0.6 is 22.9 Å². The van der Waals surface area contributed by atoms with E-state index in [-0.39, 0.29) is 40.1 Å². The molecule has 0 atom stereocenters. The number of hydrogen-bond donors (Lipinski definition) is 1. The Balaban J connectivity index is 1.35. The van der Waals surface area contributed by atoms with Gasteiger partial charge in [-0.25, -0.2) is 14.1 Å². The van der Waals surface area contributed by atoms with Crippen LogP contribution in [0.2, 0.25) is 5.02 Å². The first-order valence-corrected chi connectivity index (χ1v) is 11.9. The van der Waals surface area contributed by atoms with Crippen molar-refractivity contribution in [2.24, 2.45) is 0 Å². The molecule has 1 aliphatic rings. The highest BCUT2D eigenvalue weighted by Crippen LogP contribution is 2.27. The number of nitrogens with one attached hydrogen (secondary N) is 1. The van der Waals surface area contributed by atoms with E-state index in [1.807, 2.05) is 21.7 Å². The van der Waals surface area contributed by atoms with Gasteiger partial charge in [-0.2, -0.15) is 11.3 Å². The van der Waals surface area contributed by atoms with Crippen molar-refractivity contribution in [2.75, 3.05) is 13.1 Å². The summed E-state index contributed by atoms with van der Waals surface area (Å²) in [7, 11) is 0. The van der Waals surface area contributed by atoms with Crippen molar-refractivity contribution in [1.82, 2.24) is 29.9 Å². The second kappa shape index (κ2) is 9.03. The van der Waals surface area contributed by atoms with E-state index in [1.165, 1.54) is 16.8 Å². The Morgan fingerprint density at radius 1 is 1.27 bits per heavy atom. The molecule has 0 radical (unpaired) electrons. The minimum absolute atomic E-state index is 0.00676. The number of piperidine rings is 1. The minimum atomic E-state index is -0.462. The van der Waals surface area contributed by atoms with E-state index in [4.69, 9.17) is 11.6 Å². The Kier molecular flexibility index (Phi) is 5.94. The molecule has 0 spiro atoms. The van der Waals surface area contributed by atoms with Crippen molar-refractivity contribution in [3.63, 3.8) is 0 Å². The SMILES string of the molecule is O=C(Cc1ccsc1)N1CCC(c2nc3c(nnn3Cc3c(F)cccc3Cl)c(=O)[nH]2)CC1. The molecule has 1 N–H and O–H groups in total. The monoisotopic (exact) mass is 486 g/mol. The van der Waals surface area contributed by atoms with Crippen molar-refractivity contribution in [3.05, 3.63) is 73.2 Å². The molecule has 1 aromatic carbocycles. The molecule has 33 heavy (non-hydrogen) atoms. The predicted octanol–water partition coefficient (Wildman–Crippen LogP) is 3.37. The maximum atomic E-state index is 14.2. The number of aromatic amines is 1. The highest BCUT2D eigenvalue weighted by atomic mass is 35.5. The average molecular weight is 487 g/mol. The van der Waals surface area contributed by atoms with Gasteiger partial charge >= 0.3 is 0 Å². The fourth-order valence-electron chi connectivity index (χ4n) is 4.10. The molecule has 5 rings (SSSR count). The predicted molar refractivity (Wildman–Crippen MR) is 123 cm³/mol. The van der Waals surface area contributed by atoms with Gasteiger partial charge in [-0.15, -0.1) is 5.10 Å². The van der Waals surface area contributed by atoms with Crippen LogP contribution in [-0.2, 0) is 17.8 Å². The summed E-state index contributed by atoms with van der Waals surface area (Å²) in [6.45, 7) is 1.20. The summed E-state index contributed by atoms with van der Waals surface area (Å²) in [5.74, 6) is 0.164. The normalized spacial score (nSPS) is 14.8. The number of rotatable bonds is 5. The first-order chi connectivity index (χ1) is 16.0. The van der Waals surface area contributed by atoms with Gasteiger partial charge in [0.1, 0.15) is 11.6 Å². The van der Waals surface area contributed by atoms with E-state index < -0.39 is 11.4 Å². The van der Waals surface area contributed by atoms with Gasteiger partial charge in [0, 0.05) is 29.6 Å². The van der Waals surface area contributed by atoms with Crippen molar-refractivity contribution in [1.29, 1.82) is 0 Å². The molecule has 1 saturated heterocycles. The standard InChI is InChI=1S/C22H20ClFN6O2S/c23-16-2-1-3-17(24)15(16)11-30-21-19(27-28-30)22(32)26-20(25-21)14-4-7-29(8-5-14)18(31)10-13-6-9-33-12-13/h1-3,6,9,12,14H,4-5,7-8,10-11H2,(H,25,26,32). The summed E-state index contributed by atoms with van der Waals surface area (Å²) in [4.78, 5) is 34.5. The van der Waals surface area contributed by atoms with Crippen LogP contribution in [0, 0.1) is 5.82 Å². The Bertz CT molecular complexity index is 1340. The lowest BCUT2D eigenvalue weighted by Gasteiger charge is -2.31. The van der Waals surface area contributed by atoms with Crippen LogP contribution in [0.25, 0.3) is 11.2 Å². The number of carbonyl (C=O) groups is 1. The highest BCUT2D eigenvalue weighted by molar-refractivity contribution is 7.08. The van der Waals surface area contributed by atoms with Gasteiger partial charge in [-0.05, 0) is 47.4 Å². The summed E-state index contributed by atoms with van der Waals surface area (Å²) in [5.41, 5.74) is 1.27. The maximum Gasteiger partial charge on any atom is 0.281 e. The number of fused-ring (bicyclic) bond motifs is 1. The lowest BCUT2D eigenvalue weighted by Crippen LogP contribution is -2.39. The second-order valence-corrected chi connectivity index (χ2v) is 9.22. The number of H-pyrrole nitrogens is 1. The van der Waals surface area contributed by atoms with Crippen molar-refractivity contribution in [2.45, 2.75) is 31.7 Å². The quantitative estimate of drug-likeness (QED) is 0.466. The Labute approximate surface area is 197 Å². The lowest BCUT2D eigenvalue weighted by molar-refractivity contribution is -0.131. The van der Waals surface area contributed by atoms with Gasteiger partial charge in [0.25, 0.3) is 5.56 Å². The van der Waals surface area contributed by atoms with E-state index in [2.05, 4.69) is 20.3 Å². The topological polar surface area (TPSA) is 96.8 Å². The number of benzene rings is 1. The molecule has 4 aromatic rings. The van der Waals surface area contributed by atoms with Crippen LogP contribution < -0.4 is 5.56 Å². The van der Waals surface area contributed by atoms with Gasteiger partial charge in [0.2, 0.25) is 5.91 Å². The van der Waals surface area contributed by atoms with Gasteiger partial charge in [-0.3, -0.25) is 9.59 Å². The third-order valence-electron chi connectivity index (χ3n) is 5.93. The van der Waals surface area contributed by atoms with Crippen LogP contribution in [0.5, 0.6) is 0 Å². The van der Waals surface area contributed by atoms with Gasteiger partial charge < -0.3 is 9.88 Å². The van der Waals surface area contributed by atoms with Crippen LogP contribution in [-0.4, -0.2) is 48.9 Å². The molecular weight excluding hydrogens is 467 g/mol. The molecular formula is C22H20ClFN6O2S. The van der Waals surface area contributed by atoms with E-state index in [0.717, 1.165) is 5.56 Å². The number of halogens is 2. The Morgan fingerprint density at radius 3 is 2.82 bits per heavy atom. The van der Waals surface area contributed by atoms with E-state index in [0.29, 0.717) is 38.2 Å². The highest BCUT2D eigenvalue weighted by Gasteiger charge is 2.26. The average Bonchev–Trinajstić information content (AvgIpc) is 3.47. The summed E-state index contributed by atoms with van der Waals surface area (Å²) in [5, 5.41) is 12.1. The third-order valence-corrected chi connectivity index (χ3v) is 7.02. The Morgan fingerprint density at radius 2 is 2.09 bits per heavy atom. The number of amides is 1. The smallest absolute Gasteiger partial charge is 0.281 e. The minimum Gasteiger partial charge on any atom is -0.342 e. The fourth-order valence-corrected chi connectivity index (χ4v) is 4.99. The summed E-state index contributed by atoms with van der Waals surface area (Å²) in [6.07, 6.45) is 1.77. The molecule has 4 heterocycles. The Hall–Kier alpha value is -3.11. The molecule has 1 fully saturated rings. The zero-order valence-electron chi connectivity index (χ0n) is 17.5. The second-order valence-electron chi connectivity index (χ2n) is 8.03. The molecule has 3 aromatic heterocycles. The van der Waals surface area contributed by atoms with Crippen LogP contribution in [0.3, 0.4) is 0 Å². The molecule has 0 bridgehead atoms. The summed E-state index contributed by atoms with van der Waals surface area (Å²) < 4.78 is 15.6. The van der Waals surface area contributed by atoms with Crippen LogP contribution in [0.15, 0.2) is 39.8 Å². The van der Waals surface area contributed by atoms with Crippen LogP contribution in [0.1, 0.15) is 35.7 Å². The lowest BCUT2D eigenvalue weighted by atomic mass is 9.95. The zero-order valence-corrected chi connectivity index (χ0v) is 19.1. The van der Waals surface area contributed by atoms with Gasteiger partial charge in [-0.1, -0.05) is 22.9 Å². The number of carbonyl (C=O) groups excluding carboxylic acids is 1. The van der Waals surface area contributed by atoms with E-state index in [9.17, 15) is 14.0 Å². The summed E-state index contributed by atoms with van der Waals surface area (Å²) in [6, 6.07) is 6.40. The van der Waals surface area contributed by atoms with E-state index >= 15 is 0 Å². The van der Waals surface area contributed by atoms with Crippen LogP contribution in [0.4, 0.5) is 4.39 Å².